The van der Waals surface area contributed by atoms with Gasteiger partial charge < -0.3 is 15.4 Å². The molecule has 0 saturated heterocycles. The molecule has 2 aromatic carbocycles. The zero-order valence-electron chi connectivity index (χ0n) is 17.8. The summed E-state index contributed by atoms with van der Waals surface area (Å²) in [6.07, 6.45) is 1.79. The van der Waals surface area contributed by atoms with E-state index < -0.39 is 0 Å². The van der Waals surface area contributed by atoms with Crippen LogP contribution >= 0.6 is 11.3 Å². The second kappa shape index (κ2) is 10.6. The van der Waals surface area contributed by atoms with E-state index in [-0.39, 0.29) is 23.6 Å². The van der Waals surface area contributed by atoms with Crippen LogP contribution in [0.2, 0.25) is 0 Å². The van der Waals surface area contributed by atoms with E-state index in [1.54, 1.807) is 18.2 Å². The third-order valence-corrected chi connectivity index (χ3v) is 5.17. The number of carbonyl (C=O) groups excluding carboxylic acids is 2. The molecule has 1 aromatic heterocycles. The summed E-state index contributed by atoms with van der Waals surface area (Å²) in [5.41, 5.74) is 2.62. The zero-order valence-corrected chi connectivity index (χ0v) is 18.7. The van der Waals surface area contributed by atoms with Crippen molar-refractivity contribution in [2.75, 3.05) is 0 Å². The Bertz CT molecular complexity index is 1050. The highest BCUT2D eigenvalue weighted by atomic mass is 32.1. The molecule has 2 N–H and O–H groups in total. The van der Waals surface area contributed by atoms with Crippen molar-refractivity contribution in [2.24, 2.45) is 0 Å². The SMILES string of the molecule is Cc1cccc(C(=O)N/C(=C\c2cccs2)C(=O)NCc2ccc(OC(C)C)cc2)c1. The van der Waals surface area contributed by atoms with E-state index in [0.717, 1.165) is 21.8 Å². The van der Waals surface area contributed by atoms with Gasteiger partial charge in [-0.3, -0.25) is 9.59 Å². The molecular weight excluding hydrogens is 408 g/mol. The highest BCUT2D eigenvalue weighted by Crippen LogP contribution is 2.15. The molecule has 0 bridgehead atoms. The van der Waals surface area contributed by atoms with Gasteiger partial charge in [-0.2, -0.15) is 0 Å². The highest BCUT2D eigenvalue weighted by molar-refractivity contribution is 7.10. The van der Waals surface area contributed by atoms with Crippen LogP contribution in [0.15, 0.2) is 71.7 Å². The van der Waals surface area contributed by atoms with Gasteiger partial charge in [0.1, 0.15) is 11.4 Å². The van der Waals surface area contributed by atoms with E-state index in [1.165, 1.54) is 11.3 Å². The number of aryl methyl sites for hydroxylation is 1. The predicted octanol–water partition coefficient (Wildman–Crippen LogP) is 4.93. The van der Waals surface area contributed by atoms with Crippen LogP contribution in [0, 0.1) is 6.92 Å². The molecule has 0 atom stereocenters. The van der Waals surface area contributed by atoms with Crippen molar-refractivity contribution < 1.29 is 14.3 Å². The van der Waals surface area contributed by atoms with Crippen molar-refractivity contribution in [1.82, 2.24) is 10.6 Å². The minimum atomic E-state index is -0.350. The number of thiophene rings is 1. The summed E-state index contributed by atoms with van der Waals surface area (Å²) in [6.45, 7) is 6.20. The van der Waals surface area contributed by atoms with Crippen LogP contribution in [0.3, 0.4) is 0 Å². The number of hydrogen-bond donors (Lipinski definition) is 2. The average Bonchev–Trinajstić information content (AvgIpc) is 3.25. The van der Waals surface area contributed by atoms with Crippen molar-refractivity contribution in [3.05, 3.63) is 93.3 Å². The Labute approximate surface area is 186 Å². The summed E-state index contributed by atoms with van der Waals surface area (Å²) in [4.78, 5) is 26.5. The Morgan fingerprint density at radius 1 is 1.06 bits per heavy atom. The first kappa shape index (κ1) is 22.3. The molecule has 31 heavy (non-hydrogen) atoms. The monoisotopic (exact) mass is 434 g/mol. The van der Waals surface area contributed by atoms with Gasteiger partial charge in [-0.15, -0.1) is 11.3 Å². The first-order valence-electron chi connectivity index (χ1n) is 10.1. The van der Waals surface area contributed by atoms with Crippen LogP contribution in [-0.2, 0) is 11.3 Å². The highest BCUT2D eigenvalue weighted by Gasteiger charge is 2.15. The Balaban J connectivity index is 1.70. The number of rotatable bonds is 8. The predicted molar refractivity (Wildman–Crippen MR) is 125 cm³/mol. The van der Waals surface area contributed by atoms with Gasteiger partial charge in [-0.25, -0.2) is 0 Å². The summed E-state index contributed by atoms with van der Waals surface area (Å²) in [6, 6.07) is 18.6. The molecule has 3 aromatic rings. The van der Waals surface area contributed by atoms with Crippen LogP contribution in [0.4, 0.5) is 0 Å². The maximum Gasteiger partial charge on any atom is 0.268 e. The van der Waals surface area contributed by atoms with E-state index in [2.05, 4.69) is 10.6 Å². The second-order valence-electron chi connectivity index (χ2n) is 7.39. The summed E-state index contributed by atoms with van der Waals surface area (Å²) in [5.74, 6) is 0.113. The molecule has 0 aliphatic heterocycles. The van der Waals surface area contributed by atoms with Gasteiger partial charge in [0, 0.05) is 17.0 Å². The lowest BCUT2D eigenvalue weighted by molar-refractivity contribution is -0.117. The average molecular weight is 435 g/mol. The Morgan fingerprint density at radius 2 is 1.84 bits per heavy atom. The third-order valence-electron chi connectivity index (χ3n) is 4.35. The quantitative estimate of drug-likeness (QED) is 0.494. The number of hydrogen-bond acceptors (Lipinski definition) is 4. The molecule has 0 aliphatic carbocycles. The molecule has 1 heterocycles. The van der Waals surface area contributed by atoms with Crippen LogP contribution in [0.1, 0.15) is 40.2 Å². The first-order chi connectivity index (χ1) is 14.9. The number of nitrogens with one attached hydrogen (secondary N) is 2. The first-order valence-corrected chi connectivity index (χ1v) is 11.0. The van der Waals surface area contributed by atoms with Gasteiger partial charge in [-0.1, -0.05) is 35.9 Å². The Hall–Kier alpha value is -3.38. The Morgan fingerprint density at radius 3 is 2.48 bits per heavy atom. The van der Waals surface area contributed by atoms with E-state index in [4.69, 9.17) is 4.74 Å². The molecule has 0 aliphatic rings. The van der Waals surface area contributed by atoms with Crippen LogP contribution in [0.5, 0.6) is 5.75 Å². The summed E-state index contributed by atoms with van der Waals surface area (Å²) in [7, 11) is 0. The van der Waals surface area contributed by atoms with Crippen molar-refractivity contribution in [1.29, 1.82) is 0 Å². The molecular formula is C25H26N2O3S. The smallest absolute Gasteiger partial charge is 0.268 e. The van der Waals surface area contributed by atoms with Gasteiger partial charge in [0.2, 0.25) is 0 Å². The van der Waals surface area contributed by atoms with Crippen molar-refractivity contribution in [3.8, 4) is 5.75 Å². The van der Waals surface area contributed by atoms with E-state index in [0.29, 0.717) is 12.1 Å². The molecule has 2 amide bonds. The lowest BCUT2D eigenvalue weighted by Gasteiger charge is -2.12. The molecule has 0 fully saturated rings. The van der Waals surface area contributed by atoms with E-state index in [9.17, 15) is 9.59 Å². The topological polar surface area (TPSA) is 67.4 Å². The normalized spacial score (nSPS) is 11.3. The minimum Gasteiger partial charge on any atom is -0.491 e. The molecule has 3 rings (SSSR count). The molecule has 0 unspecified atom stereocenters. The van der Waals surface area contributed by atoms with Gasteiger partial charge in [0.25, 0.3) is 11.8 Å². The maximum absolute atomic E-state index is 12.9. The van der Waals surface area contributed by atoms with Crippen LogP contribution in [0.25, 0.3) is 6.08 Å². The molecule has 160 valence electrons. The fourth-order valence-corrected chi connectivity index (χ4v) is 3.55. The fourth-order valence-electron chi connectivity index (χ4n) is 2.89. The van der Waals surface area contributed by atoms with Crippen molar-refractivity contribution >= 4 is 29.2 Å². The largest absolute Gasteiger partial charge is 0.491 e. The molecule has 0 saturated carbocycles. The second-order valence-corrected chi connectivity index (χ2v) is 8.37. The minimum absolute atomic E-state index is 0.104. The summed E-state index contributed by atoms with van der Waals surface area (Å²) in [5, 5.41) is 7.57. The van der Waals surface area contributed by atoms with Gasteiger partial charge in [0.05, 0.1) is 6.10 Å². The molecule has 6 heteroatoms. The van der Waals surface area contributed by atoms with Crippen molar-refractivity contribution in [3.63, 3.8) is 0 Å². The zero-order chi connectivity index (χ0) is 22.2. The van der Waals surface area contributed by atoms with Crippen LogP contribution in [-0.4, -0.2) is 17.9 Å². The molecule has 0 radical (unpaired) electrons. The third kappa shape index (κ3) is 6.83. The lowest BCUT2D eigenvalue weighted by Crippen LogP contribution is -2.34. The van der Waals surface area contributed by atoms with Gasteiger partial charge in [0.15, 0.2) is 0 Å². The number of carbonyl (C=O) groups is 2. The van der Waals surface area contributed by atoms with E-state index in [1.807, 2.05) is 74.7 Å². The van der Waals surface area contributed by atoms with Crippen LogP contribution < -0.4 is 15.4 Å². The Kier molecular flexibility index (Phi) is 7.62. The number of benzene rings is 2. The molecule has 5 nitrogen and oxygen atoms in total. The lowest BCUT2D eigenvalue weighted by atomic mass is 10.1. The fraction of sp³-hybridized carbons (Fsp3) is 0.200. The summed E-state index contributed by atoms with van der Waals surface area (Å²) < 4.78 is 5.64. The van der Waals surface area contributed by atoms with E-state index >= 15 is 0 Å². The van der Waals surface area contributed by atoms with Crippen molar-refractivity contribution in [2.45, 2.75) is 33.4 Å². The maximum atomic E-state index is 12.9. The number of ether oxygens (including phenoxy) is 1. The standard InChI is InChI=1S/C25H26N2O3S/c1-17(2)30-21-11-9-19(10-12-21)16-26-25(29)23(15-22-8-5-13-31-22)27-24(28)20-7-4-6-18(3)14-20/h4-15,17H,16H2,1-3H3,(H,26,29)(H,27,28)/b23-15-. The van der Waals surface area contributed by atoms with Gasteiger partial charge in [-0.05, 0) is 68.1 Å². The van der Waals surface area contributed by atoms with Gasteiger partial charge >= 0.3 is 0 Å². The molecule has 0 spiro atoms. The summed E-state index contributed by atoms with van der Waals surface area (Å²) >= 11 is 1.49. The number of amides is 2.